The van der Waals surface area contributed by atoms with Crippen LogP contribution in [0.4, 0.5) is 0 Å². The molecule has 0 aromatic carbocycles. The van der Waals surface area contributed by atoms with Crippen molar-refractivity contribution in [3.05, 3.63) is 0 Å². The maximum atomic E-state index is 13.5. The number of carbonyl (C=O) groups is 2. The maximum Gasteiger partial charge on any atom is 0.245 e. The van der Waals surface area contributed by atoms with Gasteiger partial charge in [0.25, 0.3) is 0 Å². The Morgan fingerprint density at radius 2 is 1.68 bits per heavy atom. The summed E-state index contributed by atoms with van der Waals surface area (Å²) in [5.74, 6) is 1.78. The van der Waals surface area contributed by atoms with Gasteiger partial charge in [0, 0.05) is 12.6 Å². The molecule has 1 saturated heterocycles. The molecule has 160 valence electrons. The van der Waals surface area contributed by atoms with Crippen LogP contribution < -0.4 is 10.6 Å². The van der Waals surface area contributed by atoms with E-state index in [4.69, 9.17) is 0 Å². The summed E-state index contributed by atoms with van der Waals surface area (Å²) in [6, 6.07) is -0.380. The molecule has 0 radical (unpaired) electrons. The molecule has 3 fully saturated rings. The molecule has 2 aliphatic carbocycles. The van der Waals surface area contributed by atoms with E-state index in [1.807, 2.05) is 7.05 Å². The minimum Gasteiger partial charge on any atom is -0.342 e. The molecule has 3 aliphatic rings. The lowest BCUT2D eigenvalue weighted by Crippen LogP contribution is -2.59. The molecule has 28 heavy (non-hydrogen) atoms. The minimum absolute atomic E-state index is 0.00489. The normalized spacial score (nSPS) is 30.8. The second-order valence-corrected chi connectivity index (χ2v) is 10.6. The molecular weight excluding hydrogens is 350 g/mol. The van der Waals surface area contributed by atoms with Gasteiger partial charge in [-0.2, -0.15) is 0 Å². The van der Waals surface area contributed by atoms with Crippen molar-refractivity contribution >= 4 is 11.8 Å². The molecule has 2 N–H and O–H groups in total. The van der Waals surface area contributed by atoms with Gasteiger partial charge in [-0.15, -0.1) is 0 Å². The Labute approximate surface area is 171 Å². The van der Waals surface area contributed by atoms with E-state index in [2.05, 4.69) is 43.2 Å². The van der Waals surface area contributed by atoms with E-state index in [0.29, 0.717) is 23.8 Å². The van der Waals surface area contributed by atoms with Gasteiger partial charge in [-0.1, -0.05) is 46.5 Å². The van der Waals surface area contributed by atoms with Crippen LogP contribution in [0.15, 0.2) is 0 Å². The van der Waals surface area contributed by atoms with Crippen molar-refractivity contribution < 1.29 is 9.59 Å². The summed E-state index contributed by atoms with van der Waals surface area (Å²) >= 11 is 0. The fourth-order valence-electron chi connectivity index (χ4n) is 5.96. The first-order valence-electron chi connectivity index (χ1n) is 11.5. The van der Waals surface area contributed by atoms with Crippen LogP contribution in [0.2, 0.25) is 0 Å². The third-order valence-electron chi connectivity index (χ3n) is 7.66. The molecule has 5 heteroatoms. The summed E-state index contributed by atoms with van der Waals surface area (Å²) in [7, 11) is 1.87. The number of nitrogens with one attached hydrogen (secondary N) is 2. The Morgan fingerprint density at radius 3 is 2.25 bits per heavy atom. The van der Waals surface area contributed by atoms with Crippen LogP contribution >= 0.6 is 0 Å². The number of likely N-dealkylation sites (tertiary alicyclic amines) is 1. The fraction of sp³-hybridized carbons (Fsp3) is 0.913. The largest absolute Gasteiger partial charge is 0.342 e. The number of likely N-dealkylation sites (N-methyl/N-ethyl adjacent to an activating group) is 1. The van der Waals surface area contributed by atoms with Gasteiger partial charge < -0.3 is 15.5 Å². The van der Waals surface area contributed by atoms with Crippen LogP contribution in [0, 0.1) is 23.2 Å². The highest BCUT2D eigenvalue weighted by Crippen LogP contribution is 2.42. The van der Waals surface area contributed by atoms with Crippen molar-refractivity contribution in [2.75, 3.05) is 13.6 Å². The number of fused-ring (bicyclic) bond motifs is 1. The van der Waals surface area contributed by atoms with Gasteiger partial charge >= 0.3 is 0 Å². The van der Waals surface area contributed by atoms with Crippen LogP contribution in [0.5, 0.6) is 0 Å². The molecule has 3 rings (SSSR count). The summed E-state index contributed by atoms with van der Waals surface area (Å²) < 4.78 is 0. The average molecular weight is 392 g/mol. The number of hydrogen-bond donors (Lipinski definition) is 2. The summed E-state index contributed by atoms with van der Waals surface area (Å²) in [6.45, 7) is 9.25. The molecular formula is C23H41N3O2. The van der Waals surface area contributed by atoms with E-state index in [0.717, 1.165) is 19.4 Å². The first-order valence-corrected chi connectivity index (χ1v) is 11.5. The van der Waals surface area contributed by atoms with Crippen LogP contribution in [0.25, 0.3) is 0 Å². The summed E-state index contributed by atoms with van der Waals surface area (Å²) in [5, 5.41) is 6.42. The molecule has 1 aliphatic heterocycles. The minimum atomic E-state index is -0.472. The zero-order chi connectivity index (χ0) is 20.5. The van der Waals surface area contributed by atoms with E-state index in [-0.39, 0.29) is 23.3 Å². The topological polar surface area (TPSA) is 61.4 Å². The Kier molecular flexibility index (Phi) is 6.73. The van der Waals surface area contributed by atoms with Crippen molar-refractivity contribution in [2.45, 2.75) is 97.2 Å². The number of hydrogen-bond acceptors (Lipinski definition) is 3. The molecule has 0 spiro atoms. The first-order chi connectivity index (χ1) is 13.2. The third-order valence-corrected chi connectivity index (χ3v) is 7.66. The van der Waals surface area contributed by atoms with Gasteiger partial charge in [-0.25, -0.2) is 0 Å². The lowest BCUT2D eigenvalue weighted by Gasteiger charge is -2.37. The number of amides is 2. The second kappa shape index (κ2) is 8.73. The van der Waals surface area contributed by atoms with E-state index in [1.165, 1.54) is 38.5 Å². The molecule has 2 amide bonds. The van der Waals surface area contributed by atoms with Gasteiger partial charge in [-0.3, -0.25) is 9.59 Å². The van der Waals surface area contributed by atoms with Crippen molar-refractivity contribution in [1.29, 1.82) is 0 Å². The second-order valence-electron chi connectivity index (χ2n) is 10.6. The van der Waals surface area contributed by atoms with Gasteiger partial charge in [0.1, 0.15) is 6.04 Å². The van der Waals surface area contributed by atoms with E-state index in [1.54, 1.807) is 0 Å². The Bertz CT molecular complexity index is 565. The number of rotatable bonds is 5. The van der Waals surface area contributed by atoms with Crippen molar-refractivity contribution in [3.63, 3.8) is 0 Å². The highest BCUT2D eigenvalue weighted by molar-refractivity contribution is 5.90. The van der Waals surface area contributed by atoms with Gasteiger partial charge in [0.2, 0.25) is 11.8 Å². The predicted octanol–water partition coefficient (Wildman–Crippen LogP) is 3.33. The zero-order valence-corrected chi connectivity index (χ0v) is 18.6. The zero-order valence-electron chi connectivity index (χ0n) is 18.6. The van der Waals surface area contributed by atoms with Crippen LogP contribution in [0.3, 0.4) is 0 Å². The monoisotopic (exact) mass is 391 g/mol. The summed E-state index contributed by atoms with van der Waals surface area (Å²) in [6.07, 6.45) is 9.65. The Morgan fingerprint density at radius 1 is 1.00 bits per heavy atom. The molecule has 0 aromatic heterocycles. The molecule has 5 nitrogen and oxygen atoms in total. The molecule has 5 atom stereocenters. The van der Waals surface area contributed by atoms with Crippen LogP contribution in [-0.2, 0) is 9.59 Å². The summed E-state index contributed by atoms with van der Waals surface area (Å²) in [5.41, 5.74) is -0.310. The fourth-order valence-corrected chi connectivity index (χ4v) is 5.96. The molecule has 5 unspecified atom stereocenters. The van der Waals surface area contributed by atoms with Gasteiger partial charge in [0.05, 0.1) is 6.04 Å². The third kappa shape index (κ3) is 4.39. The quantitative estimate of drug-likeness (QED) is 0.756. The number of carbonyl (C=O) groups excluding carboxylic acids is 2. The molecule has 1 heterocycles. The van der Waals surface area contributed by atoms with Gasteiger partial charge in [0.15, 0.2) is 0 Å². The van der Waals surface area contributed by atoms with Crippen LogP contribution in [0.1, 0.15) is 79.1 Å². The highest BCUT2D eigenvalue weighted by atomic mass is 16.2. The predicted molar refractivity (Wildman–Crippen MR) is 113 cm³/mol. The van der Waals surface area contributed by atoms with E-state index < -0.39 is 6.04 Å². The highest BCUT2D eigenvalue weighted by Gasteiger charge is 2.47. The van der Waals surface area contributed by atoms with Crippen molar-refractivity contribution in [3.8, 4) is 0 Å². The van der Waals surface area contributed by atoms with Gasteiger partial charge in [-0.05, 0) is 62.8 Å². The smallest absolute Gasteiger partial charge is 0.245 e. The first kappa shape index (κ1) is 21.6. The lowest BCUT2D eigenvalue weighted by atomic mass is 9.82. The molecule has 0 bridgehead atoms. The van der Waals surface area contributed by atoms with E-state index in [9.17, 15) is 9.59 Å². The Hall–Kier alpha value is -1.10. The average Bonchev–Trinajstić information content (AvgIpc) is 3.23. The maximum absolute atomic E-state index is 13.5. The lowest BCUT2D eigenvalue weighted by molar-refractivity contribution is -0.141. The summed E-state index contributed by atoms with van der Waals surface area (Å²) in [4.78, 5) is 28.8. The molecule has 2 saturated carbocycles. The Balaban J connectivity index is 1.71. The standard InChI is InChI=1S/C23H41N3O2/c1-15-18-13-9-12-17(18)14-26(15)22(28)20(23(2,3)4)25-21(27)19(24-5)16-10-7-6-8-11-16/h15-20,24H,6-14H2,1-5H3,(H,25,27). The van der Waals surface area contributed by atoms with Crippen LogP contribution in [-0.4, -0.2) is 48.4 Å². The van der Waals surface area contributed by atoms with Crippen molar-refractivity contribution in [1.82, 2.24) is 15.5 Å². The van der Waals surface area contributed by atoms with E-state index >= 15 is 0 Å². The molecule has 0 aromatic rings. The SMILES string of the molecule is CNC(C(=O)NC(C(=O)N1CC2CCCC2C1C)C(C)(C)C)C1CCCCC1. The number of nitrogens with zero attached hydrogens (tertiary/aromatic N) is 1. The van der Waals surface area contributed by atoms with Crippen molar-refractivity contribution in [2.24, 2.45) is 23.2 Å².